The fourth-order valence-corrected chi connectivity index (χ4v) is 0.736. The second-order valence-corrected chi connectivity index (χ2v) is 3.13. The largest absolute Gasteiger partial charge is 0.391 e. The molecular formula is C8H16F3N. The predicted octanol–water partition coefficient (Wildman–Crippen LogP) is 2.53. The first kappa shape index (κ1) is 11.8. The number of rotatable bonds is 4. The van der Waals surface area contributed by atoms with Crippen LogP contribution < -0.4 is 0 Å². The van der Waals surface area contributed by atoms with Crippen molar-refractivity contribution in [2.75, 3.05) is 20.1 Å². The summed E-state index contributed by atoms with van der Waals surface area (Å²) in [5, 5.41) is 0. The first-order chi connectivity index (χ1) is 5.38. The number of alkyl halides is 3. The standard InChI is InChI=1S/C8H16F3N/c1-4-12(3)6-5-7(2)8(9,10)11/h7H,4-6H2,1-3H3. The lowest BCUT2D eigenvalue weighted by Crippen LogP contribution is -2.26. The molecule has 0 aliphatic carbocycles. The molecule has 0 bridgehead atoms. The summed E-state index contributed by atoms with van der Waals surface area (Å²) in [5.74, 6) is -1.19. The van der Waals surface area contributed by atoms with E-state index < -0.39 is 12.1 Å². The van der Waals surface area contributed by atoms with Gasteiger partial charge < -0.3 is 4.90 Å². The van der Waals surface area contributed by atoms with E-state index in [0.717, 1.165) is 6.54 Å². The van der Waals surface area contributed by atoms with Crippen LogP contribution in [0.2, 0.25) is 0 Å². The molecule has 4 heteroatoms. The molecule has 0 N–H and O–H groups in total. The summed E-state index contributed by atoms with van der Waals surface area (Å²) in [6, 6.07) is 0. The lowest BCUT2D eigenvalue weighted by atomic mass is 10.1. The zero-order valence-electron chi connectivity index (χ0n) is 7.78. The normalized spacial score (nSPS) is 15.2. The first-order valence-corrected chi connectivity index (χ1v) is 4.13. The molecule has 0 fully saturated rings. The van der Waals surface area contributed by atoms with Gasteiger partial charge in [0, 0.05) is 0 Å². The van der Waals surface area contributed by atoms with Gasteiger partial charge >= 0.3 is 6.18 Å². The van der Waals surface area contributed by atoms with Crippen LogP contribution in [0.25, 0.3) is 0 Å². The third-order valence-corrected chi connectivity index (χ3v) is 2.04. The van der Waals surface area contributed by atoms with E-state index >= 15 is 0 Å². The molecule has 0 heterocycles. The minimum Gasteiger partial charge on any atom is -0.307 e. The van der Waals surface area contributed by atoms with Crippen LogP contribution in [0.3, 0.4) is 0 Å². The summed E-state index contributed by atoms with van der Waals surface area (Å²) >= 11 is 0. The number of halogens is 3. The summed E-state index contributed by atoms with van der Waals surface area (Å²) < 4.78 is 36.0. The molecular weight excluding hydrogens is 167 g/mol. The van der Waals surface area contributed by atoms with Gasteiger partial charge in [-0.15, -0.1) is 0 Å². The summed E-state index contributed by atoms with van der Waals surface area (Å²) in [6.07, 6.45) is -3.84. The number of hydrogen-bond donors (Lipinski definition) is 0. The van der Waals surface area contributed by atoms with Crippen molar-refractivity contribution in [2.24, 2.45) is 5.92 Å². The second kappa shape index (κ2) is 4.70. The molecule has 0 saturated carbocycles. The highest BCUT2D eigenvalue weighted by molar-refractivity contribution is 4.63. The van der Waals surface area contributed by atoms with Crippen LogP contribution in [0.1, 0.15) is 20.3 Å². The van der Waals surface area contributed by atoms with Crippen molar-refractivity contribution in [3.8, 4) is 0 Å². The van der Waals surface area contributed by atoms with E-state index in [1.165, 1.54) is 6.92 Å². The van der Waals surface area contributed by atoms with Crippen LogP contribution in [0.5, 0.6) is 0 Å². The number of hydrogen-bond acceptors (Lipinski definition) is 1. The molecule has 0 rings (SSSR count). The maximum Gasteiger partial charge on any atom is 0.391 e. The van der Waals surface area contributed by atoms with Gasteiger partial charge in [0.05, 0.1) is 5.92 Å². The molecule has 1 nitrogen and oxygen atoms in total. The zero-order chi connectivity index (χ0) is 9.78. The molecule has 0 aromatic carbocycles. The Labute approximate surface area is 71.6 Å². The van der Waals surface area contributed by atoms with Crippen molar-refractivity contribution in [2.45, 2.75) is 26.4 Å². The molecule has 74 valence electrons. The van der Waals surface area contributed by atoms with Gasteiger partial charge in [0.1, 0.15) is 0 Å². The summed E-state index contributed by atoms with van der Waals surface area (Å²) in [5.41, 5.74) is 0. The molecule has 0 aliphatic rings. The van der Waals surface area contributed by atoms with Gasteiger partial charge in [-0.2, -0.15) is 13.2 Å². The van der Waals surface area contributed by atoms with Crippen molar-refractivity contribution in [1.29, 1.82) is 0 Å². The molecule has 1 unspecified atom stereocenters. The van der Waals surface area contributed by atoms with Crippen LogP contribution in [0, 0.1) is 5.92 Å². The van der Waals surface area contributed by atoms with Crippen LogP contribution in [0.15, 0.2) is 0 Å². The van der Waals surface area contributed by atoms with Crippen molar-refractivity contribution in [3.05, 3.63) is 0 Å². The third-order valence-electron chi connectivity index (χ3n) is 2.04. The molecule has 0 aromatic heterocycles. The van der Waals surface area contributed by atoms with Gasteiger partial charge in [-0.05, 0) is 26.6 Å². The highest BCUT2D eigenvalue weighted by Gasteiger charge is 2.35. The minimum atomic E-state index is -4.03. The SMILES string of the molecule is CCN(C)CCC(C)C(F)(F)F. The van der Waals surface area contributed by atoms with E-state index in [4.69, 9.17) is 0 Å². The van der Waals surface area contributed by atoms with E-state index in [9.17, 15) is 13.2 Å². The van der Waals surface area contributed by atoms with E-state index in [1.807, 2.05) is 18.9 Å². The predicted molar refractivity (Wildman–Crippen MR) is 43.0 cm³/mol. The van der Waals surface area contributed by atoms with Gasteiger partial charge in [0.15, 0.2) is 0 Å². The van der Waals surface area contributed by atoms with Gasteiger partial charge in [0.25, 0.3) is 0 Å². The van der Waals surface area contributed by atoms with Crippen molar-refractivity contribution in [1.82, 2.24) is 4.90 Å². The highest BCUT2D eigenvalue weighted by Crippen LogP contribution is 2.27. The van der Waals surface area contributed by atoms with E-state index in [0.29, 0.717) is 6.54 Å². The summed E-state index contributed by atoms with van der Waals surface area (Å²) in [7, 11) is 1.82. The van der Waals surface area contributed by atoms with Gasteiger partial charge in [-0.25, -0.2) is 0 Å². The summed E-state index contributed by atoms with van der Waals surface area (Å²) in [4.78, 5) is 1.88. The monoisotopic (exact) mass is 183 g/mol. The van der Waals surface area contributed by atoms with Gasteiger partial charge in [-0.3, -0.25) is 0 Å². The van der Waals surface area contributed by atoms with E-state index in [2.05, 4.69) is 0 Å². The molecule has 0 aromatic rings. The topological polar surface area (TPSA) is 3.24 Å². The van der Waals surface area contributed by atoms with Gasteiger partial charge in [-0.1, -0.05) is 13.8 Å². The fraction of sp³-hybridized carbons (Fsp3) is 1.00. The molecule has 0 radical (unpaired) electrons. The summed E-state index contributed by atoms with van der Waals surface area (Å²) in [6.45, 7) is 4.46. The van der Waals surface area contributed by atoms with Crippen LogP contribution >= 0.6 is 0 Å². The van der Waals surface area contributed by atoms with Crippen LogP contribution in [-0.2, 0) is 0 Å². The lowest BCUT2D eigenvalue weighted by Gasteiger charge is -2.19. The Balaban J connectivity index is 3.64. The third kappa shape index (κ3) is 4.59. The Kier molecular flexibility index (Phi) is 4.60. The fourth-order valence-electron chi connectivity index (χ4n) is 0.736. The maximum absolute atomic E-state index is 12.0. The molecule has 0 amide bonds. The van der Waals surface area contributed by atoms with Crippen molar-refractivity contribution in [3.63, 3.8) is 0 Å². The Bertz CT molecular complexity index is 122. The Morgan fingerprint density at radius 2 is 1.83 bits per heavy atom. The Hall–Kier alpha value is -0.250. The van der Waals surface area contributed by atoms with Crippen LogP contribution in [-0.4, -0.2) is 31.2 Å². The zero-order valence-corrected chi connectivity index (χ0v) is 7.78. The van der Waals surface area contributed by atoms with Crippen molar-refractivity contribution >= 4 is 0 Å². The van der Waals surface area contributed by atoms with Gasteiger partial charge in [0.2, 0.25) is 0 Å². The Morgan fingerprint density at radius 1 is 1.33 bits per heavy atom. The smallest absolute Gasteiger partial charge is 0.307 e. The molecule has 0 saturated heterocycles. The maximum atomic E-state index is 12.0. The first-order valence-electron chi connectivity index (χ1n) is 4.13. The van der Waals surface area contributed by atoms with Crippen LogP contribution in [0.4, 0.5) is 13.2 Å². The minimum absolute atomic E-state index is 0.188. The Morgan fingerprint density at radius 3 is 2.17 bits per heavy atom. The lowest BCUT2D eigenvalue weighted by molar-refractivity contribution is -0.171. The molecule has 0 aliphatic heterocycles. The quantitative estimate of drug-likeness (QED) is 0.647. The number of nitrogens with zero attached hydrogens (tertiary/aromatic N) is 1. The van der Waals surface area contributed by atoms with Crippen molar-refractivity contribution < 1.29 is 13.2 Å². The molecule has 12 heavy (non-hydrogen) atoms. The molecule has 1 atom stereocenters. The average Bonchev–Trinajstić information content (AvgIpc) is 1.97. The molecule has 0 spiro atoms. The highest BCUT2D eigenvalue weighted by atomic mass is 19.4. The van der Waals surface area contributed by atoms with E-state index in [-0.39, 0.29) is 6.42 Å². The average molecular weight is 183 g/mol. The second-order valence-electron chi connectivity index (χ2n) is 3.13. The van der Waals surface area contributed by atoms with E-state index in [1.54, 1.807) is 0 Å².